The molecule has 1 aliphatic rings. The predicted octanol–water partition coefficient (Wildman–Crippen LogP) is 1.08. The first-order chi connectivity index (χ1) is 7.18. The first-order valence-electron chi connectivity index (χ1n) is 4.90. The lowest BCUT2D eigenvalue weighted by molar-refractivity contribution is -0.305. The van der Waals surface area contributed by atoms with Crippen LogP contribution in [-0.4, -0.2) is 17.9 Å². The minimum Gasteiger partial charge on any atom is -0.550 e. The van der Waals surface area contributed by atoms with Crippen LogP contribution in [0, 0.1) is 0 Å². The Morgan fingerprint density at radius 1 is 1.53 bits per heavy atom. The van der Waals surface area contributed by atoms with Crippen LogP contribution >= 0.6 is 11.8 Å². The molecule has 1 heterocycles. The maximum absolute atomic E-state index is 10.4. The third-order valence-electron chi connectivity index (χ3n) is 2.47. The third kappa shape index (κ3) is 2.09. The van der Waals surface area contributed by atoms with Gasteiger partial charge in [0.2, 0.25) is 0 Å². The molecule has 0 aromatic heterocycles. The maximum Gasteiger partial charge on any atom is 0.0770 e. The van der Waals surface area contributed by atoms with Crippen LogP contribution in [-0.2, 0) is 4.79 Å². The van der Waals surface area contributed by atoms with Crippen molar-refractivity contribution in [2.45, 2.75) is 23.6 Å². The Balaban J connectivity index is 2.15. The highest BCUT2D eigenvalue weighted by Gasteiger charge is 2.25. The van der Waals surface area contributed by atoms with E-state index in [1.54, 1.807) is 11.8 Å². The molecule has 1 aromatic carbocycles. The van der Waals surface area contributed by atoms with E-state index < -0.39 is 5.97 Å². The van der Waals surface area contributed by atoms with Gasteiger partial charge in [-0.15, -0.1) is 0 Å². The molecule has 0 bridgehead atoms. The average molecular weight is 222 g/mol. The average Bonchev–Trinajstić information content (AvgIpc) is 2.50. The number of carbonyl (C=O) groups excluding carboxylic acids is 1. The fraction of sp³-hybridized carbons (Fsp3) is 0.364. The summed E-state index contributed by atoms with van der Waals surface area (Å²) in [6.07, 6.45) is 0.0826. The van der Waals surface area contributed by atoms with E-state index >= 15 is 0 Å². The van der Waals surface area contributed by atoms with E-state index in [1.165, 1.54) is 4.90 Å². The molecule has 0 spiro atoms. The lowest BCUT2D eigenvalue weighted by Crippen LogP contribution is -2.33. The molecular formula is C11H12NO2S-. The van der Waals surface area contributed by atoms with Gasteiger partial charge >= 0.3 is 0 Å². The summed E-state index contributed by atoms with van der Waals surface area (Å²) in [5.41, 5.74) is 1.14. The second-order valence-electron chi connectivity index (χ2n) is 3.50. The molecule has 0 aliphatic carbocycles. The molecule has 15 heavy (non-hydrogen) atoms. The number of thioether (sulfide) groups is 1. The first kappa shape index (κ1) is 10.4. The van der Waals surface area contributed by atoms with Crippen LogP contribution in [0.15, 0.2) is 29.2 Å². The summed E-state index contributed by atoms with van der Waals surface area (Å²) in [5, 5.41) is 10.7. The summed E-state index contributed by atoms with van der Waals surface area (Å²) in [6.45, 7) is 2.60. The van der Waals surface area contributed by atoms with Crippen molar-refractivity contribution in [3.8, 4) is 0 Å². The number of nitrogens with zero attached hydrogens (tertiary/aromatic N) is 1. The van der Waals surface area contributed by atoms with Crippen LogP contribution < -0.4 is 10.0 Å². The van der Waals surface area contributed by atoms with E-state index in [0.717, 1.165) is 5.69 Å². The number of para-hydroxylation sites is 1. The molecule has 4 heteroatoms. The van der Waals surface area contributed by atoms with Crippen LogP contribution in [0.1, 0.15) is 13.3 Å². The van der Waals surface area contributed by atoms with Crippen molar-refractivity contribution < 1.29 is 9.90 Å². The third-order valence-corrected chi connectivity index (χ3v) is 3.66. The van der Waals surface area contributed by atoms with Gasteiger partial charge in [0.05, 0.1) is 11.1 Å². The van der Waals surface area contributed by atoms with E-state index in [2.05, 4.69) is 17.9 Å². The SMILES string of the molecule is CC1Sc2ccccc2N1CCC(=O)[O-]. The second kappa shape index (κ2) is 4.14. The van der Waals surface area contributed by atoms with Gasteiger partial charge in [-0.1, -0.05) is 23.9 Å². The van der Waals surface area contributed by atoms with Crippen LogP contribution in [0.25, 0.3) is 0 Å². The Morgan fingerprint density at radius 3 is 3.00 bits per heavy atom. The van der Waals surface area contributed by atoms with Crippen molar-refractivity contribution in [2.24, 2.45) is 0 Å². The summed E-state index contributed by atoms with van der Waals surface area (Å²) in [5.74, 6) is -0.989. The predicted molar refractivity (Wildman–Crippen MR) is 58.7 cm³/mol. The van der Waals surface area contributed by atoms with E-state index in [4.69, 9.17) is 0 Å². The fourth-order valence-electron chi connectivity index (χ4n) is 1.75. The lowest BCUT2D eigenvalue weighted by Gasteiger charge is -2.23. The Bertz CT molecular complexity index is 381. The number of hydrogen-bond donors (Lipinski definition) is 0. The van der Waals surface area contributed by atoms with Crippen molar-refractivity contribution in [3.63, 3.8) is 0 Å². The van der Waals surface area contributed by atoms with Crippen molar-refractivity contribution >= 4 is 23.4 Å². The van der Waals surface area contributed by atoms with Gasteiger partial charge in [-0.25, -0.2) is 0 Å². The number of anilines is 1. The van der Waals surface area contributed by atoms with Gasteiger partial charge in [0.1, 0.15) is 0 Å². The molecule has 0 saturated carbocycles. The molecule has 0 N–H and O–H groups in total. The van der Waals surface area contributed by atoms with Crippen molar-refractivity contribution in [1.29, 1.82) is 0 Å². The monoisotopic (exact) mass is 222 g/mol. The summed E-state index contributed by atoms with van der Waals surface area (Å²) in [7, 11) is 0. The minimum absolute atomic E-state index is 0.0826. The molecule has 80 valence electrons. The number of rotatable bonds is 3. The molecule has 0 amide bonds. The first-order valence-corrected chi connectivity index (χ1v) is 5.78. The van der Waals surface area contributed by atoms with Crippen molar-refractivity contribution in [2.75, 3.05) is 11.4 Å². The van der Waals surface area contributed by atoms with E-state index in [-0.39, 0.29) is 6.42 Å². The van der Waals surface area contributed by atoms with Crippen LogP contribution in [0.5, 0.6) is 0 Å². The van der Waals surface area contributed by atoms with E-state index in [1.807, 2.05) is 18.2 Å². The molecule has 3 nitrogen and oxygen atoms in total. The van der Waals surface area contributed by atoms with Crippen LogP contribution in [0.4, 0.5) is 5.69 Å². The van der Waals surface area contributed by atoms with Gasteiger partial charge in [0.15, 0.2) is 0 Å². The maximum atomic E-state index is 10.4. The number of aliphatic carboxylic acids is 1. The van der Waals surface area contributed by atoms with E-state index in [9.17, 15) is 9.90 Å². The number of benzene rings is 1. The number of carboxylic acids is 1. The summed E-state index contributed by atoms with van der Waals surface area (Å²) in [6, 6.07) is 8.07. The molecule has 2 rings (SSSR count). The highest BCUT2D eigenvalue weighted by atomic mass is 32.2. The lowest BCUT2D eigenvalue weighted by atomic mass is 10.2. The molecule has 1 atom stereocenters. The second-order valence-corrected chi connectivity index (χ2v) is 4.86. The molecule has 0 fully saturated rings. The quantitative estimate of drug-likeness (QED) is 0.767. The zero-order chi connectivity index (χ0) is 10.8. The van der Waals surface area contributed by atoms with Crippen molar-refractivity contribution in [1.82, 2.24) is 0 Å². The molecule has 1 aromatic rings. The van der Waals surface area contributed by atoms with Gasteiger partial charge in [-0.2, -0.15) is 0 Å². The topological polar surface area (TPSA) is 43.4 Å². The highest BCUT2D eigenvalue weighted by molar-refractivity contribution is 8.00. The fourth-order valence-corrected chi connectivity index (χ4v) is 2.93. The molecule has 0 radical (unpaired) electrons. The van der Waals surface area contributed by atoms with Gasteiger partial charge in [0, 0.05) is 23.8 Å². The normalized spacial score (nSPS) is 19.0. The van der Waals surface area contributed by atoms with Gasteiger partial charge in [-0.05, 0) is 19.1 Å². The Labute approximate surface area is 93.1 Å². The van der Waals surface area contributed by atoms with Gasteiger partial charge in [0.25, 0.3) is 0 Å². The smallest absolute Gasteiger partial charge is 0.0770 e. The zero-order valence-electron chi connectivity index (χ0n) is 8.47. The summed E-state index contributed by atoms with van der Waals surface area (Å²) in [4.78, 5) is 13.8. The number of carbonyl (C=O) groups is 1. The van der Waals surface area contributed by atoms with Crippen molar-refractivity contribution in [3.05, 3.63) is 24.3 Å². The van der Waals surface area contributed by atoms with Crippen LogP contribution in [0.2, 0.25) is 0 Å². The molecular weight excluding hydrogens is 210 g/mol. The Kier molecular flexibility index (Phi) is 2.86. The van der Waals surface area contributed by atoms with Crippen LogP contribution in [0.3, 0.4) is 0 Å². The Hall–Kier alpha value is -1.16. The standard InChI is InChI=1S/C11H13NO2S/c1-8-12(7-6-11(13)14)9-4-2-3-5-10(9)15-8/h2-5,8H,6-7H2,1H3,(H,13,14)/p-1. The Morgan fingerprint density at radius 2 is 2.27 bits per heavy atom. The molecule has 1 aliphatic heterocycles. The summed E-state index contributed by atoms with van der Waals surface area (Å²) < 4.78 is 0. The zero-order valence-corrected chi connectivity index (χ0v) is 9.29. The number of hydrogen-bond acceptors (Lipinski definition) is 4. The largest absolute Gasteiger partial charge is 0.550 e. The minimum atomic E-state index is -0.989. The van der Waals surface area contributed by atoms with Gasteiger partial charge in [-0.3, -0.25) is 0 Å². The molecule has 0 saturated heterocycles. The number of carboxylic acid groups (broad SMARTS) is 1. The highest BCUT2D eigenvalue weighted by Crippen LogP contribution is 2.42. The summed E-state index contributed by atoms with van der Waals surface area (Å²) >= 11 is 1.76. The van der Waals surface area contributed by atoms with E-state index in [0.29, 0.717) is 11.9 Å². The molecule has 1 unspecified atom stereocenters. The van der Waals surface area contributed by atoms with Gasteiger partial charge < -0.3 is 14.8 Å². The number of fused-ring (bicyclic) bond motifs is 1.